The van der Waals surface area contributed by atoms with Crippen LogP contribution < -0.4 is 5.32 Å². The monoisotopic (exact) mass is 275 g/mol. The highest BCUT2D eigenvalue weighted by Gasteiger charge is 2.32. The van der Waals surface area contributed by atoms with Crippen LogP contribution in [0.3, 0.4) is 0 Å². The van der Waals surface area contributed by atoms with Crippen LogP contribution in [0.4, 0.5) is 4.39 Å². The Labute approximate surface area is 111 Å². The average molecular weight is 276 g/mol. The normalized spacial score (nSPS) is 18.5. The van der Waals surface area contributed by atoms with Crippen LogP contribution in [0.15, 0.2) is 18.2 Å². The van der Waals surface area contributed by atoms with Crippen LogP contribution in [0, 0.1) is 5.82 Å². The van der Waals surface area contributed by atoms with E-state index in [-0.39, 0.29) is 11.4 Å². The number of hydrogen-bond acceptors (Lipinski definition) is 1. The molecule has 0 atom stereocenters. The summed E-state index contributed by atoms with van der Waals surface area (Å²) in [4.78, 5) is 0. The molecule has 1 aliphatic rings. The van der Waals surface area contributed by atoms with E-state index in [0.717, 1.165) is 18.4 Å². The Morgan fingerprint density at radius 1 is 1.29 bits per heavy atom. The molecule has 1 N–H and O–H groups in total. The van der Waals surface area contributed by atoms with Gasteiger partial charge in [-0.1, -0.05) is 30.5 Å². The molecule has 1 fully saturated rings. The third-order valence-electron chi connectivity index (χ3n) is 3.49. The predicted molar refractivity (Wildman–Crippen MR) is 70.2 cm³/mol. The fourth-order valence-corrected chi connectivity index (χ4v) is 2.95. The minimum absolute atomic E-state index is 0.0409. The first-order valence-electron chi connectivity index (χ1n) is 5.90. The smallest absolute Gasteiger partial charge is 0.124 e. The maximum absolute atomic E-state index is 12.9. The van der Waals surface area contributed by atoms with E-state index in [1.54, 1.807) is 6.07 Å². The quantitative estimate of drug-likeness (QED) is 0.816. The average Bonchev–Trinajstić information content (AvgIpc) is 2.77. The van der Waals surface area contributed by atoms with Gasteiger partial charge in [-0.05, 0) is 30.5 Å². The van der Waals surface area contributed by atoms with Gasteiger partial charge in [-0.25, -0.2) is 4.39 Å². The van der Waals surface area contributed by atoms with E-state index in [2.05, 4.69) is 5.32 Å². The van der Waals surface area contributed by atoms with Crippen LogP contribution in [0.5, 0.6) is 0 Å². The second-order valence-corrected chi connectivity index (χ2v) is 5.38. The molecule has 17 heavy (non-hydrogen) atoms. The first kappa shape index (κ1) is 13.1. The van der Waals surface area contributed by atoms with E-state index >= 15 is 0 Å². The third kappa shape index (κ3) is 3.12. The Morgan fingerprint density at radius 3 is 2.59 bits per heavy atom. The van der Waals surface area contributed by atoms with Crippen molar-refractivity contribution in [3.63, 3.8) is 0 Å². The molecule has 94 valence electrons. The van der Waals surface area contributed by atoms with Crippen molar-refractivity contribution < 1.29 is 4.39 Å². The molecule has 0 aromatic heterocycles. The molecule has 0 heterocycles. The topological polar surface area (TPSA) is 12.0 Å². The van der Waals surface area contributed by atoms with Crippen LogP contribution in [0.1, 0.15) is 31.2 Å². The highest BCUT2D eigenvalue weighted by Crippen LogP contribution is 2.31. The SMILES string of the molecule is Fc1ccc(CNC2(CCl)CCCC2)c(Cl)c1. The number of benzene rings is 1. The van der Waals surface area contributed by atoms with Crippen molar-refractivity contribution in [2.24, 2.45) is 0 Å². The van der Waals surface area contributed by atoms with E-state index in [4.69, 9.17) is 23.2 Å². The van der Waals surface area contributed by atoms with Crippen molar-refractivity contribution in [2.75, 3.05) is 5.88 Å². The molecule has 1 aliphatic carbocycles. The zero-order valence-electron chi connectivity index (χ0n) is 9.61. The fraction of sp³-hybridized carbons (Fsp3) is 0.538. The highest BCUT2D eigenvalue weighted by molar-refractivity contribution is 6.31. The van der Waals surface area contributed by atoms with Crippen LogP contribution in [-0.4, -0.2) is 11.4 Å². The summed E-state index contributed by atoms with van der Waals surface area (Å²) < 4.78 is 12.9. The molecule has 0 bridgehead atoms. The summed E-state index contributed by atoms with van der Waals surface area (Å²) in [6.07, 6.45) is 4.65. The van der Waals surface area contributed by atoms with Crippen molar-refractivity contribution in [2.45, 2.75) is 37.8 Å². The number of halogens is 3. The summed E-state index contributed by atoms with van der Waals surface area (Å²) in [5.74, 6) is 0.318. The molecule has 0 saturated heterocycles. The first-order chi connectivity index (χ1) is 8.15. The molecule has 1 nitrogen and oxygen atoms in total. The van der Waals surface area contributed by atoms with Gasteiger partial charge in [0.25, 0.3) is 0 Å². The van der Waals surface area contributed by atoms with Crippen molar-refractivity contribution in [3.8, 4) is 0 Å². The number of nitrogens with one attached hydrogen (secondary N) is 1. The van der Waals surface area contributed by atoms with Gasteiger partial charge in [0.1, 0.15) is 5.82 Å². The second-order valence-electron chi connectivity index (χ2n) is 4.71. The number of rotatable bonds is 4. The van der Waals surface area contributed by atoms with Gasteiger partial charge < -0.3 is 5.32 Å². The van der Waals surface area contributed by atoms with Crippen LogP contribution in [0.2, 0.25) is 5.02 Å². The summed E-state index contributed by atoms with van der Waals surface area (Å²) in [6.45, 7) is 0.645. The van der Waals surface area contributed by atoms with Gasteiger partial charge in [-0.3, -0.25) is 0 Å². The lowest BCUT2D eigenvalue weighted by Crippen LogP contribution is -2.43. The molecule has 0 aliphatic heterocycles. The van der Waals surface area contributed by atoms with Gasteiger partial charge in [0.2, 0.25) is 0 Å². The fourth-order valence-electron chi connectivity index (χ4n) is 2.36. The molecule has 0 amide bonds. The van der Waals surface area contributed by atoms with Gasteiger partial charge in [-0.15, -0.1) is 11.6 Å². The van der Waals surface area contributed by atoms with Crippen LogP contribution in [0.25, 0.3) is 0 Å². The van der Waals surface area contributed by atoms with E-state index in [1.165, 1.54) is 25.0 Å². The molecule has 4 heteroatoms. The van der Waals surface area contributed by atoms with Gasteiger partial charge in [0.05, 0.1) is 0 Å². The van der Waals surface area contributed by atoms with Gasteiger partial charge >= 0.3 is 0 Å². The molecular formula is C13H16Cl2FN. The lowest BCUT2D eigenvalue weighted by Gasteiger charge is -2.28. The zero-order valence-corrected chi connectivity index (χ0v) is 11.1. The van der Waals surface area contributed by atoms with Crippen LogP contribution >= 0.6 is 23.2 Å². The van der Waals surface area contributed by atoms with E-state index in [9.17, 15) is 4.39 Å². The van der Waals surface area contributed by atoms with Gasteiger partial charge in [0, 0.05) is 23.0 Å². The standard InChI is InChI=1S/C13H16Cl2FN/c14-9-13(5-1-2-6-13)17-8-10-3-4-11(16)7-12(10)15/h3-4,7,17H,1-2,5-6,8-9H2. The molecule has 1 saturated carbocycles. The molecular weight excluding hydrogens is 260 g/mol. The molecule has 2 rings (SSSR count). The van der Waals surface area contributed by atoms with E-state index in [1.807, 2.05) is 0 Å². The minimum atomic E-state index is -0.299. The molecule has 1 aromatic carbocycles. The lowest BCUT2D eigenvalue weighted by molar-refractivity contribution is 0.368. The molecule has 1 aromatic rings. The zero-order chi connectivity index (χ0) is 12.3. The predicted octanol–water partition coefficient (Wildman–Crippen LogP) is 4.12. The highest BCUT2D eigenvalue weighted by atomic mass is 35.5. The van der Waals surface area contributed by atoms with Crippen molar-refractivity contribution in [1.82, 2.24) is 5.32 Å². The first-order valence-corrected chi connectivity index (χ1v) is 6.81. The largest absolute Gasteiger partial charge is 0.306 e. The Kier molecular flexibility index (Phi) is 4.29. The maximum Gasteiger partial charge on any atom is 0.124 e. The second kappa shape index (κ2) is 5.55. The van der Waals surface area contributed by atoms with E-state index < -0.39 is 0 Å². The summed E-state index contributed by atoms with van der Waals surface area (Å²) in [5, 5.41) is 3.95. The summed E-state index contributed by atoms with van der Waals surface area (Å²) in [7, 11) is 0. The Bertz CT molecular complexity index is 389. The number of hydrogen-bond donors (Lipinski definition) is 1. The van der Waals surface area contributed by atoms with Gasteiger partial charge in [0.15, 0.2) is 0 Å². The third-order valence-corrected chi connectivity index (χ3v) is 4.35. The van der Waals surface area contributed by atoms with Crippen molar-refractivity contribution in [1.29, 1.82) is 0 Å². The molecule has 0 spiro atoms. The number of alkyl halides is 1. The summed E-state index contributed by atoms with van der Waals surface area (Å²) in [6, 6.07) is 4.51. The van der Waals surface area contributed by atoms with Crippen molar-refractivity contribution in [3.05, 3.63) is 34.6 Å². The van der Waals surface area contributed by atoms with E-state index in [0.29, 0.717) is 17.4 Å². The van der Waals surface area contributed by atoms with Gasteiger partial charge in [-0.2, -0.15) is 0 Å². The Morgan fingerprint density at radius 2 is 2.00 bits per heavy atom. The lowest BCUT2D eigenvalue weighted by atomic mass is 10.00. The Hall–Kier alpha value is -0.310. The maximum atomic E-state index is 12.9. The Balaban J connectivity index is 2.01. The summed E-state index contributed by atoms with van der Waals surface area (Å²) >= 11 is 12.0. The van der Waals surface area contributed by atoms with Crippen molar-refractivity contribution >= 4 is 23.2 Å². The summed E-state index contributed by atoms with van der Waals surface area (Å²) in [5.41, 5.74) is 0.962. The minimum Gasteiger partial charge on any atom is -0.306 e. The molecule has 0 radical (unpaired) electrons. The van der Waals surface area contributed by atoms with Crippen LogP contribution in [-0.2, 0) is 6.54 Å². The molecule has 0 unspecified atom stereocenters.